The fourth-order valence-corrected chi connectivity index (χ4v) is 6.45. The first-order chi connectivity index (χ1) is 17.5. The largest absolute Gasteiger partial charge is 0.396 e. The molecule has 2 bridgehead atoms. The summed E-state index contributed by atoms with van der Waals surface area (Å²) >= 11 is 0. The molecule has 2 N–H and O–H groups in total. The summed E-state index contributed by atoms with van der Waals surface area (Å²) in [5.41, 5.74) is 3.91. The maximum absolute atomic E-state index is 13.8. The smallest absolute Gasteiger partial charge is 0.258 e. The zero-order valence-electron chi connectivity index (χ0n) is 19.9. The second kappa shape index (κ2) is 8.67. The molecule has 2 amide bonds. The number of hydrogen-bond donors (Lipinski definition) is 2. The number of aliphatic hydroxyl groups excluding tert-OH is 1. The first kappa shape index (κ1) is 22.6. The highest BCUT2D eigenvalue weighted by molar-refractivity contribution is 5.84. The molecule has 36 heavy (non-hydrogen) atoms. The van der Waals surface area contributed by atoms with E-state index >= 15 is 0 Å². The molecule has 4 heterocycles. The molecule has 0 radical (unpaired) electrons. The molecular weight excluding hydrogens is 458 g/mol. The minimum atomic E-state index is -0.660. The number of hydrogen-bond acceptors (Lipinski definition) is 6. The van der Waals surface area contributed by atoms with Crippen molar-refractivity contribution in [1.29, 1.82) is 0 Å². The van der Waals surface area contributed by atoms with Crippen molar-refractivity contribution in [2.45, 2.75) is 44.4 Å². The van der Waals surface area contributed by atoms with E-state index in [1.54, 1.807) is 27.9 Å². The average Bonchev–Trinajstić information content (AvgIpc) is 3.40. The highest BCUT2D eigenvalue weighted by Crippen LogP contribution is 2.48. The van der Waals surface area contributed by atoms with Gasteiger partial charge in [-0.05, 0) is 36.1 Å². The molecule has 2 aliphatic heterocycles. The number of benzene rings is 1. The van der Waals surface area contributed by atoms with Gasteiger partial charge in [-0.25, -0.2) is 9.97 Å². The van der Waals surface area contributed by atoms with Gasteiger partial charge >= 0.3 is 0 Å². The zero-order chi connectivity index (χ0) is 25.0. The summed E-state index contributed by atoms with van der Waals surface area (Å²) in [5.74, 6) is -1.50. The van der Waals surface area contributed by atoms with Gasteiger partial charge in [-0.1, -0.05) is 24.3 Å². The van der Waals surface area contributed by atoms with Crippen LogP contribution in [0.3, 0.4) is 0 Å². The molecule has 0 unspecified atom stereocenters. The molecule has 2 aromatic heterocycles. The number of pyridine rings is 1. The van der Waals surface area contributed by atoms with Crippen LogP contribution in [0.2, 0.25) is 0 Å². The van der Waals surface area contributed by atoms with Crippen LogP contribution in [0.15, 0.2) is 59.9 Å². The number of carbonyl (C=O) groups is 2. The Kier molecular flexibility index (Phi) is 5.44. The van der Waals surface area contributed by atoms with E-state index in [4.69, 9.17) is 0 Å². The number of carbonyl (C=O) groups excluding carboxylic acids is 2. The van der Waals surface area contributed by atoms with Crippen molar-refractivity contribution in [2.75, 3.05) is 6.61 Å². The number of amides is 2. The van der Waals surface area contributed by atoms with Gasteiger partial charge in [-0.2, -0.15) is 0 Å². The Labute approximate surface area is 207 Å². The molecule has 9 nitrogen and oxygen atoms in total. The average molecular weight is 486 g/mol. The van der Waals surface area contributed by atoms with Crippen molar-refractivity contribution in [3.05, 3.63) is 82.3 Å². The van der Waals surface area contributed by atoms with E-state index in [1.165, 1.54) is 24.4 Å². The fraction of sp³-hybridized carbons (Fsp3) is 0.370. The van der Waals surface area contributed by atoms with Gasteiger partial charge in [0.1, 0.15) is 6.33 Å². The van der Waals surface area contributed by atoms with E-state index < -0.39 is 23.9 Å². The molecule has 0 spiro atoms. The predicted molar refractivity (Wildman–Crippen MR) is 131 cm³/mol. The predicted octanol–water partition coefficient (Wildman–Crippen LogP) is 1.10. The van der Waals surface area contributed by atoms with Crippen LogP contribution >= 0.6 is 0 Å². The standard InChI is InChI=1S/C27H27N5O4/c1-15(34)32-23-12-31-22(7-6-20(27(31)36)18-10-28-14-29-11-18)25(32)24(21(23)13-33)26(35)30-19-8-16-4-2-3-5-17(16)9-19/h2-7,10-11,14,19,21,23-25,33H,8-9,12-13H2,1H3,(H,30,35)/t21-,23-,24+,25+/m0/s1. The molecule has 184 valence electrons. The minimum absolute atomic E-state index is 0.0388. The molecule has 4 atom stereocenters. The maximum Gasteiger partial charge on any atom is 0.258 e. The van der Waals surface area contributed by atoms with Crippen molar-refractivity contribution >= 4 is 11.8 Å². The zero-order valence-corrected chi connectivity index (χ0v) is 19.9. The Balaban J connectivity index is 1.37. The van der Waals surface area contributed by atoms with Crippen molar-refractivity contribution in [3.8, 4) is 11.1 Å². The quantitative estimate of drug-likeness (QED) is 0.572. The van der Waals surface area contributed by atoms with Crippen LogP contribution < -0.4 is 10.9 Å². The Morgan fingerprint density at radius 2 is 1.78 bits per heavy atom. The van der Waals surface area contributed by atoms with Crippen molar-refractivity contribution in [3.63, 3.8) is 0 Å². The lowest BCUT2D eigenvalue weighted by Gasteiger charge is -2.37. The van der Waals surface area contributed by atoms with Crippen molar-refractivity contribution in [2.24, 2.45) is 11.8 Å². The van der Waals surface area contributed by atoms with Crippen LogP contribution in [-0.2, 0) is 29.0 Å². The summed E-state index contributed by atoms with van der Waals surface area (Å²) in [7, 11) is 0. The van der Waals surface area contributed by atoms with Gasteiger partial charge in [-0.15, -0.1) is 0 Å². The molecule has 1 aliphatic carbocycles. The van der Waals surface area contributed by atoms with Crippen LogP contribution in [-0.4, -0.2) is 55.0 Å². The number of fused-ring (bicyclic) bond motifs is 5. The summed E-state index contributed by atoms with van der Waals surface area (Å²) in [6, 6.07) is 10.6. The van der Waals surface area contributed by atoms with Gasteiger partial charge in [0.25, 0.3) is 5.56 Å². The molecule has 6 rings (SSSR count). The van der Waals surface area contributed by atoms with E-state index in [0.29, 0.717) is 16.8 Å². The lowest BCUT2D eigenvalue weighted by molar-refractivity contribution is -0.134. The van der Waals surface area contributed by atoms with E-state index in [1.807, 2.05) is 18.2 Å². The van der Waals surface area contributed by atoms with E-state index in [0.717, 1.165) is 12.8 Å². The molecule has 9 heteroatoms. The Hall–Kier alpha value is -3.85. The summed E-state index contributed by atoms with van der Waals surface area (Å²) in [4.78, 5) is 49.8. The van der Waals surface area contributed by atoms with Crippen molar-refractivity contribution in [1.82, 2.24) is 24.8 Å². The van der Waals surface area contributed by atoms with Gasteiger partial charge in [0.15, 0.2) is 0 Å². The highest BCUT2D eigenvalue weighted by Gasteiger charge is 2.57. The van der Waals surface area contributed by atoms with Gasteiger partial charge < -0.3 is 19.9 Å². The van der Waals surface area contributed by atoms with E-state index in [2.05, 4.69) is 27.4 Å². The third-order valence-corrected chi connectivity index (χ3v) is 7.98. The lowest BCUT2D eigenvalue weighted by atomic mass is 9.86. The molecular formula is C27H27N5O4. The monoisotopic (exact) mass is 485 g/mol. The van der Waals surface area contributed by atoms with Gasteiger partial charge in [0.05, 0.1) is 23.6 Å². The number of aromatic nitrogens is 3. The lowest BCUT2D eigenvalue weighted by Crippen LogP contribution is -2.48. The Morgan fingerprint density at radius 3 is 2.42 bits per heavy atom. The molecule has 1 fully saturated rings. The number of nitrogens with zero attached hydrogens (tertiary/aromatic N) is 4. The second-order valence-corrected chi connectivity index (χ2v) is 9.91. The van der Waals surface area contributed by atoms with Crippen molar-refractivity contribution < 1.29 is 14.7 Å². The maximum atomic E-state index is 13.8. The molecule has 0 saturated carbocycles. The summed E-state index contributed by atoms with van der Waals surface area (Å²) < 4.78 is 1.65. The van der Waals surface area contributed by atoms with Crippen LogP contribution in [0.4, 0.5) is 0 Å². The Bertz CT molecular complexity index is 1380. The van der Waals surface area contributed by atoms with Crippen LogP contribution in [0.25, 0.3) is 11.1 Å². The SMILES string of the molecule is CC(=O)N1[C@@H]2c3ccc(-c4cncnc4)c(=O)n3C[C@H]1[C@H](CO)[C@H]2C(=O)NC1Cc2ccccc2C1. The van der Waals surface area contributed by atoms with Gasteiger partial charge in [0, 0.05) is 55.7 Å². The number of aliphatic hydroxyl groups is 1. The second-order valence-electron chi connectivity index (χ2n) is 9.91. The molecule has 1 aromatic carbocycles. The highest BCUT2D eigenvalue weighted by atomic mass is 16.3. The topological polar surface area (TPSA) is 117 Å². The minimum Gasteiger partial charge on any atom is -0.396 e. The van der Waals surface area contributed by atoms with Gasteiger partial charge in [-0.3, -0.25) is 14.4 Å². The first-order valence-electron chi connectivity index (χ1n) is 12.2. The van der Waals surface area contributed by atoms with Gasteiger partial charge in [0.2, 0.25) is 11.8 Å². The third kappa shape index (κ3) is 3.45. The van der Waals surface area contributed by atoms with Crippen LogP contribution in [0.1, 0.15) is 29.8 Å². The summed E-state index contributed by atoms with van der Waals surface area (Å²) in [5, 5.41) is 13.6. The molecule has 3 aliphatic rings. The number of rotatable bonds is 4. The van der Waals surface area contributed by atoms with E-state index in [-0.39, 0.29) is 36.6 Å². The summed E-state index contributed by atoms with van der Waals surface area (Å²) in [6.07, 6.45) is 6.08. The fourth-order valence-electron chi connectivity index (χ4n) is 6.45. The number of nitrogens with one attached hydrogen (secondary N) is 1. The summed E-state index contributed by atoms with van der Waals surface area (Å²) in [6.45, 7) is 1.44. The van der Waals surface area contributed by atoms with Crippen LogP contribution in [0, 0.1) is 11.8 Å². The van der Waals surface area contributed by atoms with E-state index in [9.17, 15) is 19.5 Å². The molecule has 1 saturated heterocycles. The first-order valence-corrected chi connectivity index (χ1v) is 12.2. The third-order valence-electron chi connectivity index (χ3n) is 7.98. The normalized spacial score (nSPS) is 24.3. The van der Waals surface area contributed by atoms with Crippen LogP contribution in [0.5, 0.6) is 0 Å². The Morgan fingerprint density at radius 1 is 1.08 bits per heavy atom. The molecule has 3 aromatic rings.